The van der Waals surface area contributed by atoms with Gasteiger partial charge in [-0.3, -0.25) is 24.1 Å². The van der Waals surface area contributed by atoms with Gasteiger partial charge in [-0.1, -0.05) is 13.8 Å². The second-order valence-electron chi connectivity index (χ2n) is 6.09. The predicted octanol–water partition coefficient (Wildman–Crippen LogP) is 0.405. The van der Waals surface area contributed by atoms with E-state index in [9.17, 15) is 24.0 Å². The summed E-state index contributed by atoms with van der Waals surface area (Å²) in [6.45, 7) is 3.92. The van der Waals surface area contributed by atoms with Gasteiger partial charge in [0.1, 0.15) is 0 Å². The zero-order chi connectivity index (χ0) is 17.1. The molecule has 1 atom stereocenters. The van der Waals surface area contributed by atoms with Gasteiger partial charge in [0.2, 0.25) is 11.8 Å². The van der Waals surface area contributed by atoms with Crippen molar-refractivity contribution >= 4 is 29.6 Å². The quantitative estimate of drug-likeness (QED) is 0.656. The molecule has 2 heterocycles. The lowest BCUT2D eigenvalue weighted by molar-refractivity contribution is -0.197. The highest BCUT2D eigenvalue weighted by atomic mass is 16.7. The van der Waals surface area contributed by atoms with Gasteiger partial charge in [0.15, 0.2) is 0 Å². The van der Waals surface area contributed by atoms with Crippen LogP contribution in [0.5, 0.6) is 0 Å². The van der Waals surface area contributed by atoms with Gasteiger partial charge in [-0.25, -0.2) is 4.79 Å². The first-order valence-electron chi connectivity index (χ1n) is 7.72. The highest BCUT2D eigenvalue weighted by Crippen LogP contribution is 2.26. The molecule has 0 aliphatic carbocycles. The Hall–Kier alpha value is -2.25. The molecule has 2 saturated heterocycles. The standard InChI is InChI=1S/C15H20N2O6/c1-9(2)10-8-13(20)16(15(10)22)7-3-4-14(21)23-17-11(18)5-6-12(17)19/h9-10H,3-8H2,1-2H3. The molecule has 8 heteroatoms. The number of carbonyl (C=O) groups is 5. The normalized spacial score (nSPS) is 21.8. The molecule has 2 aliphatic heterocycles. The minimum atomic E-state index is -0.729. The molecule has 2 fully saturated rings. The largest absolute Gasteiger partial charge is 0.333 e. The summed E-state index contributed by atoms with van der Waals surface area (Å²) in [6.07, 6.45) is 0.439. The summed E-state index contributed by atoms with van der Waals surface area (Å²) >= 11 is 0. The van der Waals surface area contributed by atoms with Crippen LogP contribution < -0.4 is 0 Å². The lowest BCUT2D eigenvalue weighted by Gasteiger charge is -2.16. The van der Waals surface area contributed by atoms with E-state index in [1.165, 1.54) is 4.90 Å². The number of hydroxylamine groups is 2. The molecule has 0 spiro atoms. The van der Waals surface area contributed by atoms with Crippen LogP contribution in [0.3, 0.4) is 0 Å². The van der Waals surface area contributed by atoms with Crippen LogP contribution in [0.25, 0.3) is 0 Å². The summed E-state index contributed by atoms with van der Waals surface area (Å²) in [6, 6.07) is 0. The number of imide groups is 2. The summed E-state index contributed by atoms with van der Waals surface area (Å²) in [4.78, 5) is 64.1. The number of rotatable bonds is 6. The molecule has 126 valence electrons. The maximum absolute atomic E-state index is 12.1. The topological polar surface area (TPSA) is 101 Å². The van der Waals surface area contributed by atoms with Gasteiger partial charge < -0.3 is 4.84 Å². The minimum Gasteiger partial charge on any atom is -0.330 e. The summed E-state index contributed by atoms with van der Waals surface area (Å²) in [5.41, 5.74) is 0. The zero-order valence-corrected chi connectivity index (χ0v) is 13.2. The van der Waals surface area contributed by atoms with Crippen LogP contribution in [0.2, 0.25) is 0 Å². The van der Waals surface area contributed by atoms with Crippen molar-refractivity contribution in [3.8, 4) is 0 Å². The van der Waals surface area contributed by atoms with Crippen molar-refractivity contribution in [2.24, 2.45) is 11.8 Å². The van der Waals surface area contributed by atoms with Gasteiger partial charge in [-0.2, -0.15) is 0 Å². The molecule has 4 amide bonds. The third-order valence-corrected chi connectivity index (χ3v) is 4.05. The van der Waals surface area contributed by atoms with Crippen LogP contribution in [0.15, 0.2) is 0 Å². The molecule has 1 unspecified atom stereocenters. The molecular weight excluding hydrogens is 304 g/mol. The minimum absolute atomic E-state index is 0.0412. The monoisotopic (exact) mass is 324 g/mol. The Morgan fingerprint density at radius 3 is 2.26 bits per heavy atom. The van der Waals surface area contributed by atoms with E-state index >= 15 is 0 Å². The number of likely N-dealkylation sites (tertiary alicyclic amines) is 1. The fraction of sp³-hybridized carbons (Fsp3) is 0.667. The molecular formula is C15H20N2O6. The second kappa shape index (κ2) is 6.89. The number of hydrogen-bond donors (Lipinski definition) is 0. The van der Waals surface area contributed by atoms with Gasteiger partial charge >= 0.3 is 5.97 Å². The Kier molecular flexibility index (Phi) is 5.12. The highest BCUT2D eigenvalue weighted by molar-refractivity contribution is 6.03. The predicted molar refractivity (Wildman–Crippen MR) is 76.1 cm³/mol. The first-order chi connectivity index (χ1) is 10.8. The molecule has 0 aromatic rings. The summed E-state index contributed by atoms with van der Waals surface area (Å²) in [7, 11) is 0. The fourth-order valence-electron chi connectivity index (χ4n) is 2.65. The van der Waals surface area contributed by atoms with E-state index in [-0.39, 0.29) is 62.3 Å². The molecule has 0 N–H and O–H groups in total. The fourth-order valence-corrected chi connectivity index (χ4v) is 2.65. The highest BCUT2D eigenvalue weighted by Gasteiger charge is 2.39. The van der Waals surface area contributed by atoms with E-state index in [1.54, 1.807) is 0 Å². The Labute approximate surface area is 133 Å². The van der Waals surface area contributed by atoms with Crippen molar-refractivity contribution in [3.05, 3.63) is 0 Å². The van der Waals surface area contributed by atoms with Crippen molar-refractivity contribution < 1.29 is 28.8 Å². The van der Waals surface area contributed by atoms with E-state index < -0.39 is 17.8 Å². The van der Waals surface area contributed by atoms with E-state index in [4.69, 9.17) is 4.84 Å². The van der Waals surface area contributed by atoms with Crippen LogP contribution >= 0.6 is 0 Å². The Balaban J connectivity index is 1.77. The number of carbonyl (C=O) groups excluding carboxylic acids is 5. The Morgan fingerprint density at radius 1 is 1.13 bits per heavy atom. The van der Waals surface area contributed by atoms with Crippen molar-refractivity contribution in [3.63, 3.8) is 0 Å². The third-order valence-electron chi connectivity index (χ3n) is 4.05. The van der Waals surface area contributed by atoms with Gasteiger partial charge in [0.05, 0.1) is 0 Å². The second-order valence-corrected chi connectivity index (χ2v) is 6.09. The van der Waals surface area contributed by atoms with Crippen molar-refractivity contribution in [2.45, 2.75) is 46.0 Å². The van der Waals surface area contributed by atoms with Crippen molar-refractivity contribution in [2.75, 3.05) is 6.54 Å². The van der Waals surface area contributed by atoms with E-state index in [1.807, 2.05) is 13.8 Å². The van der Waals surface area contributed by atoms with Crippen molar-refractivity contribution in [1.82, 2.24) is 9.96 Å². The van der Waals surface area contributed by atoms with Crippen LogP contribution in [-0.2, 0) is 28.8 Å². The number of nitrogens with zero attached hydrogens (tertiary/aromatic N) is 2. The molecule has 23 heavy (non-hydrogen) atoms. The average molecular weight is 324 g/mol. The number of amides is 4. The first kappa shape index (κ1) is 17.1. The molecule has 8 nitrogen and oxygen atoms in total. The summed E-state index contributed by atoms with van der Waals surface area (Å²) in [5, 5.41) is 0.489. The van der Waals surface area contributed by atoms with Gasteiger partial charge in [-0.05, 0) is 12.3 Å². The molecule has 2 rings (SSSR count). The molecule has 0 saturated carbocycles. The molecule has 2 aliphatic rings. The van der Waals surface area contributed by atoms with Crippen molar-refractivity contribution in [1.29, 1.82) is 0 Å². The van der Waals surface area contributed by atoms with Crippen LogP contribution in [-0.4, -0.2) is 46.1 Å². The SMILES string of the molecule is CC(C)C1CC(=O)N(CCCC(=O)ON2C(=O)CCC2=O)C1=O. The Morgan fingerprint density at radius 2 is 1.74 bits per heavy atom. The van der Waals surface area contributed by atoms with E-state index in [0.29, 0.717) is 5.06 Å². The maximum Gasteiger partial charge on any atom is 0.333 e. The van der Waals surface area contributed by atoms with Crippen LogP contribution in [0, 0.1) is 11.8 Å². The number of hydrogen-bond acceptors (Lipinski definition) is 6. The van der Waals surface area contributed by atoms with E-state index in [2.05, 4.69) is 0 Å². The lowest BCUT2D eigenvalue weighted by Crippen LogP contribution is -2.34. The average Bonchev–Trinajstić information content (AvgIpc) is 2.94. The molecule has 0 aromatic carbocycles. The first-order valence-corrected chi connectivity index (χ1v) is 7.72. The molecule has 0 radical (unpaired) electrons. The molecule has 0 aromatic heterocycles. The summed E-state index contributed by atoms with van der Waals surface area (Å²) < 4.78 is 0. The van der Waals surface area contributed by atoms with Gasteiger partial charge in [-0.15, -0.1) is 5.06 Å². The van der Waals surface area contributed by atoms with Gasteiger partial charge in [0, 0.05) is 38.1 Å². The van der Waals surface area contributed by atoms with Gasteiger partial charge in [0.25, 0.3) is 11.8 Å². The zero-order valence-electron chi connectivity index (χ0n) is 13.2. The third kappa shape index (κ3) is 3.75. The maximum atomic E-state index is 12.1. The van der Waals surface area contributed by atoms with Crippen LogP contribution in [0.1, 0.15) is 46.0 Å². The lowest BCUT2D eigenvalue weighted by atomic mass is 9.94. The molecule has 0 bridgehead atoms. The smallest absolute Gasteiger partial charge is 0.330 e. The van der Waals surface area contributed by atoms with E-state index in [0.717, 1.165) is 0 Å². The van der Waals surface area contributed by atoms with Crippen LogP contribution in [0.4, 0.5) is 0 Å². The Bertz CT molecular complexity index is 540. The summed E-state index contributed by atoms with van der Waals surface area (Å²) in [5.74, 6) is -2.44.